The third-order valence-electron chi connectivity index (χ3n) is 2.19. The highest BCUT2D eigenvalue weighted by atomic mass is 79.9. The number of rotatable bonds is 3. The minimum Gasteiger partial charge on any atom is -0.483 e. The van der Waals surface area contributed by atoms with Crippen LogP contribution in [0.25, 0.3) is 0 Å². The van der Waals surface area contributed by atoms with Crippen LogP contribution in [0.4, 0.5) is 4.79 Å². The van der Waals surface area contributed by atoms with Crippen molar-refractivity contribution in [2.45, 2.75) is 33.2 Å². The van der Waals surface area contributed by atoms with Crippen LogP contribution in [-0.2, 0) is 4.79 Å². The molecule has 5 nitrogen and oxygen atoms in total. The lowest BCUT2D eigenvalue weighted by atomic mass is 10.1. The summed E-state index contributed by atoms with van der Waals surface area (Å²) in [5.41, 5.74) is 0.684. The second kappa shape index (κ2) is 6.74. The van der Waals surface area contributed by atoms with Crippen LogP contribution in [-0.4, -0.2) is 24.1 Å². The molecule has 2 N–H and O–H groups in total. The third kappa shape index (κ3) is 6.06. The van der Waals surface area contributed by atoms with E-state index in [4.69, 9.17) is 4.74 Å². The Labute approximate surface area is 127 Å². The van der Waals surface area contributed by atoms with Gasteiger partial charge in [0, 0.05) is 5.54 Å². The molecule has 110 valence electrons. The van der Waals surface area contributed by atoms with Gasteiger partial charge in [0.25, 0.3) is 5.91 Å². The first-order chi connectivity index (χ1) is 9.17. The molecule has 6 heteroatoms. The van der Waals surface area contributed by atoms with Crippen molar-refractivity contribution < 1.29 is 14.3 Å². The highest BCUT2D eigenvalue weighted by Crippen LogP contribution is 2.25. The van der Waals surface area contributed by atoms with Crippen molar-refractivity contribution in [3.8, 4) is 5.75 Å². The first-order valence-electron chi connectivity index (χ1n) is 6.18. The second-order valence-electron chi connectivity index (χ2n) is 5.47. The minimum absolute atomic E-state index is 0.223. The Hall–Kier alpha value is -1.56. The van der Waals surface area contributed by atoms with Gasteiger partial charge in [0.2, 0.25) is 0 Å². The molecule has 0 radical (unpaired) electrons. The summed E-state index contributed by atoms with van der Waals surface area (Å²) >= 11 is 3.35. The molecule has 0 bridgehead atoms. The van der Waals surface area contributed by atoms with Gasteiger partial charge in [0.1, 0.15) is 5.75 Å². The zero-order valence-electron chi connectivity index (χ0n) is 12.0. The van der Waals surface area contributed by atoms with Gasteiger partial charge in [-0.1, -0.05) is 6.07 Å². The monoisotopic (exact) mass is 342 g/mol. The van der Waals surface area contributed by atoms with Gasteiger partial charge in [-0.15, -0.1) is 0 Å². The Morgan fingerprint density at radius 3 is 2.50 bits per heavy atom. The van der Waals surface area contributed by atoms with Crippen LogP contribution in [0.5, 0.6) is 5.75 Å². The van der Waals surface area contributed by atoms with Gasteiger partial charge in [-0.25, -0.2) is 4.79 Å². The Morgan fingerprint density at radius 2 is 1.95 bits per heavy atom. The molecule has 0 aliphatic rings. The van der Waals surface area contributed by atoms with Crippen molar-refractivity contribution in [1.82, 2.24) is 10.6 Å². The van der Waals surface area contributed by atoms with Gasteiger partial charge in [-0.3, -0.25) is 10.1 Å². The van der Waals surface area contributed by atoms with Gasteiger partial charge in [-0.2, -0.15) is 0 Å². The van der Waals surface area contributed by atoms with Crippen LogP contribution in [0.15, 0.2) is 22.7 Å². The maximum absolute atomic E-state index is 11.6. The van der Waals surface area contributed by atoms with Gasteiger partial charge < -0.3 is 10.1 Å². The van der Waals surface area contributed by atoms with E-state index in [1.165, 1.54) is 0 Å². The highest BCUT2D eigenvalue weighted by Gasteiger charge is 2.16. The number of carbonyl (C=O) groups is 2. The van der Waals surface area contributed by atoms with Crippen molar-refractivity contribution in [3.05, 3.63) is 28.2 Å². The van der Waals surface area contributed by atoms with E-state index in [0.717, 1.165) is 10.0 Å². The molecule has 0 fully saturated rings. The molecular formula is C14H19BrN2O3. The van der Waals surface area contributed by atoms with Crippen LogP contribution in [0.2, 0.25) is 0 Å². The van der Waals surface area contributed by atoms with Crippen molar-refractivity contribution in [2.75, 3.05) is 6.61 Å². The molecule has 0 spiro atoms. The molecule has 1 rings (SSSR count). The van der Waals surface area contributed by atoms with Crippen LogP contribution in [0.3, 0.4) is 0 Å². The quantitative estimate of drug-likeness (QED) is 0.887. The first kappa shape index (κ1) is 16.5. The molecule has 0 saturated carbocycles. The summed E-state index contributed by atoms with van der Waals surface area (Å²) in [6.45, 7) is 7.22. The number of ether oxygens (including phenoxy) is 1. The molecule has 0 aliphatic carbocycles. The highest BCUT2D eigenvalue weighted by molar-refractivity contribution is 9.10. The molecule has 0 aromatic heterocycles. The van der Waals surface area contributed by atoms with Crippen molar-refractivity contribution >= 4 is 27.9 Å². The van der Waals surface area contributed by atoms with E-state index in [1.807, 2.05) is 39.8 Å². The fourth-order valence-corrected chi connectivity index (χ4v) is 2.01. The lowest BCUT2D eigenvalue weighted by Gasteiger charge is -2.20. The van der Waals surface area contributed by atoms with E-state index >= 15 is 0 Å². The molecule has 20 heavy (non-hydrogen) atoms. The molecule has 0 aliphatic heterocycles. The molecule has 0 saturated heterocycles. The maximum Gasteiger partial charge on any atom is 0.321 e. The summed E-state index contributed by atoms with van der Waals surface area (Å²) in [5, 5.41) is 4.84. The van der Waals surface area contributed by atoms with Crippen LogP contribution < -0.4 is 15.4 Å². The van der Waals surface area contributed by atoms with Crippen LogP contribution in [0, 0.1) is 6.92 Å². The summed E-state index contributed by atoms with van der Waals surface area (Å²) in [4.78, 5) is 23.1. The SMILES string of the molecule is Cc1ccc(OCC(=O)NC(=O)NC(C)(C)C)c(Br)c1. The minimum atomic E-state index is -0.533. The van der Waals surface area contributed by atoms with Gasteiger partial charge in [-0.05, 0) is 61.3 Å². The summed E-state index contributed by atoms with van der Waals surface area (Å²) in [7, 11) is 0. The van der Waals surface area contributed by atoms with Crippen molar-refractivity contribution in [3.63, 3.8) is 0 Å². The summed E-state index contributed by atoms with van der Waals surface area (Å²) < 4.78 is 6.11. The fraction of sp³-hybridized carbons (Fsp3) is 0.429. The number of hydrogen-bond donors (Lipinski definition) is 2. The number of urea groups is 1. The van der Waals surface area contributed by atoms with E-state index in [2.05, 4.69) is 26.6 Å². The van der Waals surface area contributed by atoms with E-state index in [1.54, 1.807) is 6.07 Å². The number of amides is 3. The average molecular weight is 343 g/mol. The van der Waals surface area contributed by atoms with E-state index < -0.39 is 17.5 Å². The smallest absolute Gasteiger partial charge is 0.321 e. The predicted molar refractivity (Wildman–Crippen MR) is 80.8 cm³/mol. The lowest BCUT2D eigenvalue weighted by molar-refractivity contribution is -0.122. The Kier molecular flexibility index (Phi) is 5.56. The van der Waals surface area contributed by atoms with Crippen LogP contribution >= 0.6 is 15.9 Å². The maximum atomic E-state index is 11.6. The van der Waals surface area contributed by atoms with Crippen LogP contribution in [0.1, 0.15) is 26.3 Å². The average Bonchev–Trinajstić information content (AvgIpc) is 2.24. The zero-order valence-corrected chi connectivity index (χ0v) is 13.6. The molecule has 3 amide bonds. The molecule has 1 aromatic rings. The van der Waals surface area contributed by atoms with E-state index in [0.29, 0.717) is 5.75 Å². The third-order valence-corrected chi connectivity index (χ3v) is 2.81. The summed E-state index contributed by atoms with van der Waals surface area (Å²) in [6, 6.07) is 5.00. The molecular weight excluding hydrogens is 324 g/mol. The molecule has 0 heterocycles. The number of carbonyl (C=O) groups excluding carboxylic acids is 2. The molecule has 0 atom stereocenters. The number of aryl methyl sites for hydroxylation is 1. The standard InChI is InChI=1S/C14H19BrN2O3/c1-9-5-6-11(10(15)7-9)20-8-12(18)16-13(19)17-14(2,3)4/h5-7H,8H2,1-4H3,(H2,16,17,18,19). The number of halogens is 1. The second-order valence-corrected chi connectivity index (χ2v) is 6.33. The Balaban J connectivity index is 2.46. The summed E-state index contributed by atoms with van der Waals surface area (Å²) in [5.74, 6) is 0.0567. The van der Waals surface area contributed by atoms with E-state index in [9.17, 15) is 9.59 Å². The number of imide groups is 1. The van der Waals surface area contributed by atoms with Crippen molar-refractivity contribution in [1.29, 1.82) is 0 Å². The molecule has 1 aromatic carbocycles. The van der Waals surface area contributed by atoms with E-state index in [-0.39, 0.29) is 6.61 Å². The van der Waals surface area contributed by atoms with Crippen molar-refractivity contribution in [2.24, 2.45) is 0 Å². The number of hydrogen-bond acceptors (Lipinski definition) is 3. The normalized spacial score (nSPS) is 10.8. The summed E-state index contributed by atoms with van der Waals surface area (Å²) in [6.07, 6.45) is 0. The Morgan fingerprint density at radius 1 is 1.30 bits per heavy atom. The fourth-order valence-electron chi connectivity index (χ4n) is 1.40. The van der Waals surface area contributed by atoms with Gasteiger partial charge in [0.05, 0.1) is 4.47 Å². The Bertz CT molecular complexity index is 510. The predicted octanol–water partition coefficient (Wildman–Crippen LogP) is 2.76. The molecule has 0 unspecified atom stereocenters. The zero-order chi connectivity index (χ0) is 15.3. The number of nitrogens with one attached hydrogen (secondary N) is 2. The largest absolute Gasteiger partial charge is 0.483 e. The van der Waals surface area contributed by atoms with Gasteiger partial charge >= 0.3 is 6.03 Å². The first-order valence-corrected chi connectivity index (χ1v) is 6.97. The number of benzene rings is 1. The lowest BCUT2D eigenvalue weighted by Crippen LogP contribution is -2.49. The van der Waals surface area contributed by atoms with Gasteiger partial charge in [0.15, 0.2) is 6.61 Å². The topological polar surface area (TPSA) is 67.4 Å².